The number of carbonyl (C=O) groups excluding carboxylic acids is 2. The van der Waals surface area contributed by atoms with Crippen LogP contribution in [0.1, 0.15) is 26.3 Å². The molecule has 3 rings (SSSR count). The van der Waals surface area contributed by atoms with Crippen LogP contribution >= 0.6 is 0 Å². The lowest BCUT2D eigenvalue weighted by Gasteiger charge is -2.47. The summed E-state index contributed by atoms with van der Waals surface area (Å²) in [5, 5.41) is 23.6. The van der Waals surface area contributed by atoms with Gasteiger partial charge in [0.05, 0.1) is 11.0 Å². The normalized spacial score (nSPS) is 24.3. The van der Waals surface area contributed by atoms with Crippen molar-refractivity contribution in [3.8, 4) is 11.5 Å². The number of fused-ring (bicyclic) bond motifs is 1. The number of aliphatic hydroxyl groups excluding tert-OH is 1. The number of aromatic hydroxyl groups is 1. The Labute approximate surface area is 188 Å². The average Bonchev–Trinajstić information content (AvgIpc) is 2.70. The second-order valence-electron chi connectivity index (χ2n) is 8.12. The summed E-state index contributed by atoms with van der Waals surface area (Å²) in [5.41, 5.74) is 3.07. The lowest BCUT2D eigenvalue weighted by molar-refractivity contribution is -0.304. The number of carbonyl (C=O) groups is 2. The molecule has 4 atom stereocenters. The number of benzene rings is 1. The predicted octanol–water partition coefficient (Wildman–Crippen LogP) is 1.12. The van der Waals surface area contributed by atoms with Crippen LogP contribution in [0.4, 0.5) is 10.5 Å². The Morgan fingerprint density at radius 3 is 2.52 bits per heavy atom. The highest BCUT2D eigenvalue weighted by atomic mass is 16.7. The monoisotopic (exact) mass is 466 g/mol. The Kier molecular flexibility index (Phi) is 6.54. The Morgan fingerprint density at radius 1 is 1.27 bits per heavy atom. The molecule has 2 amide bonds. The molecule has 1 aliphatic heterocycles. The van der Waals surface area contributed by atoms with Gasteiger partial charge in [-0.15, -0.1) is 0 Å². The van der Waals surface area contributed by atoms with Crippen molar-refractivity contribution in [1.29, 1.82) is 0 Å². The van der Waals surface area contributed by atoms with E-state index >= 15 is 0 Å². The molecule has 12 heteroatoms. The van der Waals surface area contributed by atoms with Gasteiger partial charge in [-0.05, 0) is 32.9 Å². The van der Waals surface area contributed by atoms with E-state index in [0.29, 0.717) is 5.56 Å². The third-order valence-electron chi connectivity index (χ3n) is 5.32. The minimum absolute atomic E-state index is 0.00775. The fourth-order valence-electron chi connectivity index (χ4n) is 3.85. The molecule has 1 aromatic carbocycles. The first-order chi connectivity index (χ1) is 15.4. The summed E-state index contributed by atoms with van der Waals surface area (Å²) in [6.45, 7) is 6.07. The highest BCUT2D eigenvalue weighted by Crippen LogP contribution is 2.38. The highest BCUT2D eigenvalue weighted by Gasteiger charge is 2.53. The molecule has 0 bridgehead atoms. The van der Waals surface area contributed by atoms with Crippen LogP contribution < -0.4 is 21.4 Å². The first kappa shape index (κ1) is 24.3. The van der Waals surface area contributed by atoms with Crippen LogP contribution in [0.2, 0.25) is 0 Å². The van der Waals surface area contributed by atoms with Gasteiger partial charge in [0.1, 0.15) is 17.4 Å². The zero-order valence-electron chi connectivity index (χ0n) is 18.7. The van der Waals surface area contributed by atoms with E-state index in [1.165, 1.54) is 26.2 Å². The molecule has 5 N–H and O–H groups in total. The summed E-state index contributed by atoms with van der Waals surface area (Å²) in [5.74, 6) is -0.855. The van der Waals surface area contributed by atoms with Gasteiger partial charge in [0.25, 0.3) is 0 Å². The maximum absolute atomic E-state index is 12.3. The number of nitrogens with two attached hydrogens (primary N) is 1. The molecule has 2 aromatic rings. The zero-order chi connectivity index (χ0) is 24.7. The van der Waals surface area contributed by atoms with Gasteiger partial charge in [0.2, 0.25) is 12.2 Å². The van der Waals surface area contributed by atoms with Crippen molar-refractivity contribution in [1.82, 2.24) is 0 Å². The molecule has 12 nitrogen and oxygen atoms in total. The van der Waals surface area contributed by atoms with E-state index in [0.717, 1.165) is 0 Å². The molecule has 0 saturated carbocycles. The summed E-state index contributed by atoms with van der Waals surface area (Å²) in [4.78, 5) is 35.0. The number of ether oxygens (including phenoxy) is 4. The Morgan fingerprint density at radius 2 is 1.94 bits per heavy atom. The summed E-state index contributed by atoms with van der Waals surface area (Å²) in [6, 6.07) is 2.88. The van der Waals surface area contributed by atoms with Crippen molar-refractivity contribution in [2.75, 3.05) is 12.4 Å². The van der Waals surface area contributed by atoms with Crippen LogP contribution in [0.25, 0.3) is 11.0 Å². The number of nitrogens with one attached hydrogen (secondary N) is 1. The molecule has 0 aliphatic carbocycles. The average molecular weight is 466 g/mol. The Bertz CT molecular complexity index is 1140. The minimum Gasteiger partial charge on any atom is -0.505 e. The smallest absolute Gasteiger partial charge is 0.404 e. The van der Waals surface area contributed by atoms with E-state index in [-0.39, 0.29) is 22.4 Å². The number of hydrogen-bond acceptors (Lipinski definition) is 10. The minimum atomic E-state index is -1.48. The van der Waals surface area contributed by atoms with E-state index in [9.17, 15) is 24.6 Å². The molecule has 2 heterocycles. The summed E-state index contributed by atoms with van der Waals surface area (Å²) >= 11 is 0. The number of amides is 2. The van der Waals surface area contributed by atoms with Crippen molar-refractivity contribution in [2.45, 2.75) is 57.9 Å². The Balaban J connectivity index is 2.00. The summed E-state index contributed by atoms with van der Waals surface area (Å²) in [7, 11) is 1.37. The van der Waals surface area contributed by atoms with Crippen LogP contribution in [0.15, 0.2) is 21.3 Å². The third kappa shape index (κ3) is 4.58. The number of aryl methyl sites for hydroxylation is 1. The van der Waals surface area contributed by atoms with E-state index in [1.807, 2.05) is 0 Å². The van der Waals surface area contributed by atoms with Crippen LogP contribution in [0.3, 0.4) is 0 Å². The first-order valence-electron chi connectivity index (χ1n) is 9.95. The van der Waals surface area contributed by atoms with Gasteiger partial charge in [-0.2, -0.15) is 0 Å². The van der Waals surface area contributed by atoms with Crippen molar-refractivity contribution < 1.29 is 43.2 Å². The highest BCUT2D eigenvalue weighted by molar-refractivity contribution is 5.97. The molecular weight excluding hydrogens is 440 g/mol. The fraction of sp³-hybridized carbons (Fsp3) is 0.476. The first-order valence-corrected chi connectivity index (χ1v) is 9.95. The van der Waals surface area contributed by atoms with Gasteiger partial charge in [-0.3, -0.25) is 4.79 Å². The second kappa shape index (κ2) is 8.89. The van der Waals surface area contributed by atoms with Crippen molar-refractivity contribution >= 4 is 28.7 Å². The van der Waals surface area contributed by atoms with Gasteiger partial charge in [-0.1, -0.05) is 0 Å². The number of rotatable bonds is 5. The van der Waals surface area contributed by atoms with Crippen LogP contribution in [0, 0.1) is 6.92 Å². The SMILES string of the molecule is CO[C@@H]1[C@H](OC(N)=O)C(O)[C@H](Oc2ccc3c(O)c(NC(C)=O)c(=O)oc3c2C)OC1(C)C. The van der Waals surface area contributed by atoms with Gasteiger partial charge in [0, 0.05) is 19.6 Å². The molecule has 1 aromatic heterocycles. The predicted molar refractivity (Wildman–Crippen MR) is 114 cm³/mol. The zero-order valence-corrected chi connectivity index (χ0v) is 18.7. The Hall–Kier alpha value is -3.35. The van der Waals surface area contributed by atoms with Gasteiger partial charge < -0.3 is 44.6 Å². The van der Waals surface area contributed by atoms with Crippen LogP contribution in [0.5, 0.6) is 11.5 Å². The molecular formula is C21H26N2O10. The molecule has 180 valence electrons. The van der Waals surface area contributed by atoms with Gasteiger partial charge >= 0.3 is 11.7 Å². The number of primary amides is 1. The molecule has 0 spiro atoms. The quantitative estimate of drug-likeness (QED) is 0.466. The molecule has 1 saturated heterocycles. The lowest BCUT2D eigenvalue weighted by atomic mass is 9.89. The maximum atomic E-state index is 12.3. The van der Waals surface area contributed by atoms with Crippen molar-refractivity contribution in [2.24, 2.45) is 5.73 Å². The second-order valence-corrected chi connectivity index (χ2v) is 8.12. The third-order valence-corrected chi connectivity index (χ3v) is 5.32. The fourth-order valence-corrected chi connectivity index (χ4v) is 3.85. The van der Waals surface area contributed by atoms with E-state index in [2.05, 4.69) is 5.32 Å². The van der Waals surface area contributed by atoms with E-state index in [4.69, 9.17) is 29.1 Å². The molecule has 0 radical (unpaired) electrons. The standard InChI is InChI=1S/C21H26N2O10/c1-8-11(7-6-10-13(25)12(23-9(2)24)18(27)31-15(8)10)30-19-14(26)16(32-20(22)28)17(29-5)21(3,4)33-19/h6-7,14,16-17,19,25-26H,1-5H3,(H2,22,28)(H,23,24)/t14?,16-,17-,19-/m1/s1. The van der Waals surface area contributed by atoms with Crippen LogP contribution in [-0.2, 0) is 19.0 Å². The van der Waals surface area contributed by atoms with Gasteiger partial charge in [-0.25, -0.2) is 9.59 Å². The number of methoxy groups -OCH3 is 1. The number of hydrogen-bond donors (Lipinski definition) is 4. The molecule has 1 aliphatic rings. The number of anilines is 1. The molecule has 33 heavy (non-hydrogen) atoms. The van der Waals surface area contributed by atoms with E-state index in [1.54, 1.807) is 20.8 Å². The molecule has 1 unspecified atom stereocenters. The molecule has 1 fully saturated rings. The van der Waals surface area contributed by atoms with Crippen LogP contribution in [-0.4, -0.2) is 59.5 Å². The topological polar surface area (TPSA) is 180 Å². The van der Waals surface area contributed by atoms with Crippen molar-refractivity contribution in [3.63, 3.8) is 0 Å². The lowest BCUT2D eigenvalue weighted by Crippen LogP contribution is -2.65. The van der Waals surface area contributed by atoms with Crippen molar-refractivity contribution in [3.05, 3.63) is 28.1 Å². The summed E-state index contributed by atoms with van der Waals surface area (Å²) < 4.78 is 27.4. The van der Waals surface area contributed by atoms with E-state index < -0.39 is 53.6 Å². The number of aliphatic hydroxyl groups is 1. The largest absolute Gasteiger partial charge is 0.505 e. The van der Waals surface area contributed by atoms with Gasteiger partial charge in [0.15, 0.2) is 23.6 Å². The maximum Gasteiger partial charge on any atom is 0.404 e. The summed E-state index contributed by atoms with van der Waals surface area (Å²) in [6.07, 6.45) is -5.94.